The number of aliphatic carboxylic acids is 1. The number of hydrogen-bond donors (Lipinski definition) is 9. The van der Waals surface area contributed by atoms with E-state index in [2.05, 4.69) is 21.3 Å². The number of phenolic OH excluding ortho intramolecular Hbond substituents is 1. The summed E-state index contributed by atoms with van der Waals surface area (Å²) in [6, 6.07) is 9.40. The second kappa shape index (κ2) is 30.6. The number of nitrogens with one attached hydrogen (secondary N) is 4. The largest absolute Gasteiger partial charge is 0.508 e. The highest BCUT2D eigenvalue weighted by molar-refractivity contribution is 5.94. The van der Waals surface area contributed by atoms with Crippen molar-refractivity contribution in [2.24, 2.45) is 11.7 Å². The number of nitrogens with two attached hydrogens (primary N) is 1. The van der Waals surface area contributed by atoms with Gasteiger partial charge in [-0.05, 0) is 48.9 Å². The summed E-state index contributed by atoms with van der Waals surface area (Å²) in [7, 11) is 1.44. The maximum atomic E-state index is 13.4. The Bertz CT molecular complexity index is 1780. The van der Waals surface area contributed by atoms with Crippen LogP contribution in [0.15, 0.2) is 54.6 Å². The molecule has 0 radical (unpaired) electrons. The van der Waals surface area contributed by atoms with Gasteiger partial charge in [-0.25, -0.2) is 4.79 Å². The quantitative estimate of drug-likeness (QED) is 0.0468. The van der Waals surface area contributed by atoms with Gasteiger partial charge < -0.3 is 52.3 Å². The maximum absolute atomic E-state index is 13.4. The summed E-state index contributed by atoms with van der Waals surface area (Å²) in [6.07, 6.45) is 11.2. The van der Waals surface area contributed by atoms with E-state index >= 15 is 0 Å². The zero-order valence-electron chi connectivity index (χ0n) is 38.6. The fraction of sp³-hybridized carbons (Fsp3) is 0.604. The zero-order chi connectivity index (χ0) is 48.3. The van der Waals surface area contributed by atoms with Crippen molar-refractivity contribution in [2.45, 2.75) is 166 Å². The summed E-state index contributed by atoms with van der Waals surface area (Å²) in [6.45, 7) is 4.23. The van der Waals surface area contributed by atoms with Crippen LogP contribution in [0.3, 0.4) is 0 Å². The van der Waals surface area contributed by atoms with Crippen molar-refractivity contribution < 1.29 is 54.0 Å². The third-order valence-corrected chi connectivity index (χ3v) is 11.6. The van der Waals surface area contributed by atoms with E-state index in [1.807, 2.05) is 13.0 Å². The van der Waals surface area contributed by atoms with Crippen molar-refractivity contribution >= 4 is 41.4 Å². The van der Waals surface area contributed by atoms with E-state index < -0.39 is 72.5 Å². The molecule has 0 spiro atoms. The number of carbonyl (C=O) groups excluding carboxylic acids is 6. The number of aromatic hydroxyl groups is 1. The third kappa shape index (κ3) is 21.3. The standard InChI is InChI=1S/C48H74N6O11/c1-5-32(2)42(46(62)52-39(31-55)44(49)60)53-47(63)43(33(3)56)54(4)41(59)24-20-15-13-11-9-7-6-8-10-12-14-19-23-40(58)50-37(29-35-25-27-36(57)28-26-35)45(61)51-38(48(64)65)30-34-21-17-16-18-22-34/h16-18,21-22,25-28,32-33,37-39,42-43,55-57H,5-15,19-20,23-24,29-31H2,1-4H3,(H2,49,60)(H,50,58)(H,51,61)(H,52,62)(H,53,63)(H,64,65)/t32-,33-,37?,38-,39?,42+,43-/m0/s1. The first-order valence-corrected chi connectivity index (χ1v) is 23.1. The third-order valence-electron chi connectivity index (χ3n) is 11.6. The lowest BCUT2D eigenvalue weighted by molar-refractivity contribution is -0.144. The number of nitrogens with zero attached hydrogens (tertiary/aromatic N) is 1. The second-order valence-corrected chi connectivity index (χ2v) is 17.0. The number of carboxylic acids is 1. The highest BCUT2D eigenvalue weighted by Gasteiger charge is 2.36. The van der Waals surface area contributed by atoms with Gasteiger partial charge in [-0.15, -0.1) is 0 Å². The van der Waals surface area contributed by atoms with E-state index in [4.69, 9.17) is 5.73 Å². The molecule has 362 valence electrons. The number of carboxylic acid groups (broad SMARTS) is 1. The highest BCUT2D eigenvalue weighted by Crippen LogP contribution is 2.17. The van der Waals surface area contributed by atoms with Crippen molar-refractivity contribution in [3.05, 3.63) is 65.7 Å². The van der Waals surface area contributed by atoms with E-state index in [1.54, 1.807) is 43.3 Å². The van der Waals surface area contributed by atoms with Crippen molar-refractivity contribution in [1.29, 1.82) is 0 Å². The predicted molar refractivity (Wildman–Crippen MR) is 246 cm³/mol. The van der Waals surface area contributed by atoms with Gasteiger partial charge in [0, 0.05) is 32.7 Å². The fourth-order valence-electron chi connectivity index (χ4n) is 7.45. The number of likely N-dealkylation sites (N-methyl/N-ethyl adjacent to an activating group) is 1. The smallest absolute Gasteiger partial charge is 0.326 e. The SMILES string of the molecule is CC[C@H](C)[C@@H](NC(=O)[C@H]([C@H](C)O)N(C)C(=O)CCCCCCCCCCCCCCC(=O)NC(Cc1ccc(O)cc1)C(=O)N[C@@H](Cc1ccccc1)C(=O)O)C(=O)NC(CO)C(N)=O. The predicted octanol–water partition coefficient (Wildman–Crippen LogP) is 3.39. The average Bonchev–Trinajstić information content (AvgIpc) is 3.27. The summed E-state index contributed by atoms with van der Waals surface area (Å²) in [4.78, 5) is 90.4. The Labute approximate surface area is 383 Å². The summed E-state index contributed by atoms with van der Waals surface area (Å²) >= 11 is 0. The molecule has 0 aliphatic heterocycles. The summed E-state index contributed by atoms with van der Waals surface area (Å²) in [5, 5.41) is 49.7. The Morgan fingerprint density at radius 1 is 0.631 bits per heavy atom. The first kappa shape index (κ1) is 55.6. The van der Waals surface area contributed by atoms with E-state index in [9.17, 15) is 54.0 Å². The topological polar surface area (TPSA) is 278 Å². The van der Waals surface area contributed by atoms with Crippen LogP contribution < -0.4 is 27.0 Å². The van der Waals surface area contributed by atoms with Gasteiger partial charge in [0.1, 0.15) is 36.0 Å². The van der Waals surface area contributed by atoms with Crippen molar-refractivity contribution in [3.63, 3.8) is 0 Å². The molecule has 17 nitrogen and oxygen atoms in total. The van der Waals surface area contributed by atoms with Gasteiger partial charge >= 0.3 is 5.97 Å². The first-order valence-electron chi connectivity index (χ1n) is 23.1. The van der Waals surface area contributed by atoms with Gasteiger partial charge in [0.25, 0.3) is 0 Å². The number of carbonyl (C=O) groups is 7. The van der Waals surface area contributed by atoms with Gasteiger partial charge in [0.2, 0.25) is 35.4 Å². The molecule has 0 saturated heterocycles. The minimum absolute atomic E-state index is 0.0658. The minimum Gasteiger partial charge on any atom is -0.508 e. The number of primary amides is 1. The molecule has 2 unspecified atom stereocenters. The molecular formula is C48H74N6O11. The normalized spacial score (nSPS) is 14.4. The van der Waals surface area contributed by atoms with Crippen LogP contribution in [-0.2, 0) is 46.4 Å². The molecule has 0 heterocycles. The number of hydrogen-bond acceptors (Lipinski definition) is 10. The number of benzene rings is 2. The van der Waals surface area contributed by atoms with Crippen LogP contribution in [0.25, 0.3) is 0 Å². The molecule has 2 aromatic carbocycles. The van der Waals surface area contributed by atoms with Crippen LogP contribution in [0.1, 0.15) is 128 Å². The highest BCUT2D eigenvalue weighted by atomic mass is 16.4. The molecule has 65 heavy (non-hydrogen) atoms. The lowest BCUT2D eigenvalue weighted by Gasteiger charge is -2.32. The van der Waals surface area contributed by atoms with Gasteiger partial charge in [-0.2, -0.15) is 0 Å². The lowest BCUT2D eigenvalue weighted by Crippen LogP contribution is -2.60. The molecule has 10 N–H and O–H groups in total. The van der Waals surface area contributed by atoms with Gasteiger partial charge in [-0.3, -0.25) is 28.8 Å². The second-order valence-electron chi connectivity index (χ2n) is 17.0. The molecule has 17 heteroatoms. The van der Waals surface area contributed by atoms with Crippen molar-refractivity contribution in [2.75, 3.05) is 13.7 Å². The average molecular weight is 911 g/mol. The molecule has 0 saturated carbocycles. The molecule has 0 bridgehead atoms. The lowest BCUT2D eigenvalue weighted by atomic mass is 9.97. The van der Waals surface area contributed by atoms with Crippen molar-refractivity contribution in [3.8, 4) is 5.75 Å². The van der Waals surface area contributed by atoms with Gasteiger partial charge in [0.15, 0.2) is 0 Å². The Morgan fingerprint density at radius 2 is 1.12 bits per heavy atom. The molecule has 0 aliphatic carbocycles. The van der Waals surface area contributed by atoms with Gasteiger partial charge in [0.05, 0.1) is 12.7 Å². The monoisotopic (exact) mass is 911 g/mol. The van der Waals surface area contributed by atoms with Gasteiger partial charge in [-0.1, -0.05) is 127 Å². The van der Waals surface area contributed by atoms with Crippen LogP contribution in [-0.4, -0.2) is 117 Å². The Morgan fingerprint density at radius 3 is 1.62 bits per heavy atom. The first-order chi connectivity index (χ1) is 31.0. The number of aliphatic hydroxyl groups excluding tert-OH is 2. The molecular weight excluding hydrogens is 837 g/mol. The molecule has 2 rings (SSSR count). The molecule has 0 aliphatic rings. The van der Waals surface area contributed by atoms with Crippen molar-refractivity contribution in [1.82, 2.24) is 26.2 Å². The number of phenols is 1. The molecule has 2 aromatic rings. The van der Waals surface area contributed by atoms with Crippen LogP contribution in [0, 0.1) is 5.92 Å². The number of unbranched alkanes of at least 4 members (excludes halogenated alkanes) is 11. The van der Waals surface area contributed by atoms with E-state index in [-0.39, 0.29) is 49.2 Å². The van der Waals surface area contributed by atoms with E-state index in [0.29, 0.717) is 24.8 Å². The summed E-state index contributed by atoms with van der Waals surface area (Å²) in [5.74, 6) is -5.05. The molecule has 0 fully saturated rings. The van der Waals surface area contributed by atoms with Crippen LogP contribution in [0.4, 0.5) is 0 Å². The van der Waals surface area contributed by atoms with Crippen LogP contribution in [0.5, 0.6) is 5.75 Å². The van der Waals surface area contributed by atoms with Crippen LogP contribution in [0.2, 0.25) is 0 Å². The molecule has 7 atom stereocenters. The number of rotatable bonds is 33. The van der Waals surface area contributed by atoms with E-state index in [1.165, 1.54) is 31.0 Å². The Balaban J connectivity index is 1.67. The summed E-state index contributed by atoms with van der Waals surface area (Å²) in [5.41, 5.74) is 6.68. The Kier molecular flexibility index (Phi) is 26.1. The number of amides is 6. The molecule has 0 aromatic heterocycles. The number of aliphatic hydroxyl groups is 2. The minimum atomic E-state index is -1.33. The van der Waals surface area contributed by atoms with E-state index in [0.717, 1.165) is 69.8 Å². The summed E-state index contributed by atoms with van der Waals surface area (Å²) < 4.78 is 0. The Hall–Kier alpha value is -5.55. The zero-order valence-corrected chi connectivity index (χ0v) is 38.6. The maximum Gasteiger partial charge on any atom is 0.326 e. The van der Waals surface area contributed by atoms with Crippen LogP contribution >= 0.6 is 0 Å². The fourth-order valence-corrected chi connectivity index (χ4v) is 7.45. The molecule has 6 amide bonds.